The van der Waals surface area contributed by atoms with Crippen LogP contribution in [0.2, 0.25) is 5.02 Å². The Hall–Kier alpha value is -4.10. The predicted octanol–water partition coefficient (Wildman–Crippen LogP) is 4.77. The van der Waals surface area contributed by atoms with Gasteiger partial charge in [0.1, 0.15) is 5.75 Å². The van der Waals surface area contributed by atoms with Gasteiger partial charge < -0.3 is 15.4 Å². The smallest absolute Gasteiger partial charge is 0.262 e. The predicted molar refractivity (Wildman–Crippen MR) is 141 cm³/mol. The van der Waals surface area contributed by atoms with Crippen LogP contribution in [0.5, 0.6) is 5.75 Å². The van der Waals surface area contributed by atoms with Crippen LogP contribution in [0, 0.1) is 6.92 Å². The van der Waals surface area contributed by atoms with Crippen molar-refractivity contribution in [2.75, 3.05) is 19.0 Å². The standard InChI is InChI=1S/C28H26ClN3O4/c1-18-24(16-27(34)30-14-13-19-3-9-22(10-4-19)31-17-33)25-15-23(36-2)11-12-26(25)32(18)28(35)20-5-7-21(29)8-6-20/h3-12,15,17H,13-14,16H2,1-2H3,(H,30,34)(H,31,33). The largest absolute Gasteiger partial charge is 0.497 e. The van der Waals surface area contributed by atoms with Crippen LogP contribution >= 0.6 is 11.6 Å². The van der Waals surface area contributed by atoms with E-state index in [0.717, 1.165) is 16.5 Å². The van der Waals surface area contributed by atoms with Gasteiger partial charge in [-0.2, -0.15) is 0 Å². The maximum absolute atomic E-state index is 13.4. The molecule has 3 aromatic carbocycles. The Morgan fingerprint density at radius 1 is 1.03 bits per heavy atom. The molecule has 36 heavy (non-hydrogen) atoms. The highest BCUT2D eigenvalue weighted by atomic mass is 35.5. The van der Waals surface area contributed by atoms with Gasteiger partial charge in [-0.25, -0.2) is 0 Å². The van der Waals surface area contributed by atoms with E-state index in [-0.39, 0.29) is 18.2 Å². The van der Waals surface area contributed by atoms with E-state index in [1.165, 1.54) is 0 Å². The minimum atomic E-state index is -0.196. The summed E-state index contributed by atoms with van der Waals surface area (Å²) in [4.78, 5) is 36.8. The molecule has 184 valence electrons. The van der Waals surface area contributed by atoms with Crippen LogP contribution in [0.15, 0.2) is 66.7 Å². The Morgan fingerprint density at radius 3 is 2.42 bits per heavy atom. The number of halogens is 1. The lowest BCUT2D eigenvalue weighted by Gasteiger charge is -2.09. The van der Waals surface area contributed by atoms with E-state index in [0.29, 0.717) is 52.6 Å². The topological polar surface area (TPSA) is 89.4 Å². The zero-order chi connectivity index (χ0) is 25.7. The van der Waals surface area contributed by atoms with E-state index in [4.69, 9.17) is 16.3 Å². The van der Waals surface area contributed by atoms with E-state index in [9.17, 15) is 14.4 Å². The first-order valence-corrected chi connectivity index (χ1v) is 11.8. The molecule has 4 rings (SSSR count). The van der Waals surface area contributed by atoms with Gasteiger partial charge in [0.15, 0.2) is 0 Å². The molecule has 0 radical (unpaired) electrons. The molecule has 7 nitrogen and oxygen atoms in total. The first-order valence-electron chi connectivity index (χ1n) is 11.4. The first-order chi connectivity index (χ1) is 17.4. The van der Waals surface area contributed by atoms with Crippen molar-refractivity contribution >= 4 is 46.4 Å². The third kappa shape index (κ3) is 5.42. The lowest BCUT2D eigenvalue weighted by atomic mass is 10.1. The molecule has 0 atom stereocenters. The van der Waals surface area contributed by atoms with Crippen LogP contribution < -0.4 is 15.4 Å². The molecule has 0 spiro atoms. The highest BCUT2D eigenvalue weighted by molar-refractivity contribution is 6.30. The lowest BCUT2D eigenvalue weighted by Crippen LogP contribution is -2.27. The summed E-state index contributed by atoms with van der Waals surface area (Å²) in [7, 11) is 1.58. The van der Waals surface area contributed by atoms with Crippen molar-refractivity contribution < 1.29 is 19.1 Å². The van der Waals surface area contributed by atoms with Gasteiger partial charge >= 0.3 is 0 Å². The number of ether oxygens (including phenoxy) is 1. The maximum Gasteiger partial charge on any atom is 0.262 e. The van der Waals surface area contributed by atoms with Crippen LogP contribution in [0.1, 0.15) is 27.2 Å². The minimum Gasteiger partial charge on any atom is -0.497 e. The highest BCUT2D eigenvalue weighted by Gasteiger charge is 2.22. The molecular formula is C28H26ClN3O4. The summed E-state index contributed by atoms with van der Waals surface area (Å²) >= 11 is 5.99. The normalized spacial score (nSPS) is 10.8. The Kier molecular flexibility index (Phi) is 7.71. The number of benzene rings is 3. The SMILES string of the molecule is COc1ccc2c(c1)c(CC(=O)NCCc1ccc(NC=O)cc1)c(C)n2C(=O)c1ccc(Cl)cc1. The van der Waals surface area contributed by atoms with E-state index in [1.54, 1.807) is 42.0 Å². The third-order valence-corrected chi connectivity index (χ3v) is 6.34. The van der Waals surface area contributed by atoms with E-state index in [2.05, 4.69) is 10.6 Å². The van der Waals surface area contributed by atoms with Gasteiger partial charge in [-0.1, -0.05) is 23.7 Å². The molecule has 0 bridgehead atoms. The first kappa shape index (κ1) is 25.0. The number of nitrogens with zero attached hydrogens (tertiary/aromatic N) is 1. The third-order valence-electron chi connectivity index (χ3n) is 6.09. The van der Waals surface area contributed by atoms with Crippen LogP contribution in [-0.4, -0.2) is 36.4 Å². The van der Waals surface area contributed by atoms with Crippen LogP contribution in [0.4, 0.5) is 5.69 Å². The molecule has 2 N–H and O–H groups in total. The number of amides is 2. The monoisotopic (exact) mass is 503 g/mol. The number of rotatable bonds is 9. The molecule has 0 saturated carbocycles. The Bertz CT molecular complexity index is 1410. The Labute approximate surface area is 214 Å². The summed E-state index contributed by atoms with van der Waals surface area (Å²) in [5, 5.41) is 6.91. The Balaban J connectivity index is 1.54. The molecule has 0 unspecified atom stereocenters. The van der Waals surface area contributed by atoms with E-state index in [1.807, 2.05) is 43.3 Å². The van der Waals surface area contributed by atoms with Crippen LogP contribution in [-0.2, 0) is 22.4 Å². The van der Waals surface area contributed by atoms with Gasteiger partial charge in [-0.3, -0.25) is 19.0 Å². The van der Waals surface area contributed by atoms with Gasteiger partial charge in [0.2, 0.25) is 12.3 Å². The number of anilines is 1. The fraction of sp³-hybridized carbons (Fsp3) is 0.179. The van der Waals surface area contributed by atoms with Gasteiger partial charge in [-0.05, 0) is 79.1 Å². The van der Waals surface area contributed by atoms with Gasteiger partial charge in [0.05, 0.1) is 19.0 Å². The number of nitrogens with one attached hydrogen (secondary N) is 2. The summed E-state index contributed by atoms with van der Waals surface area (Å²) in [6.07, 6.45) is 1.40. The fourth-order valence-electron chi connectivity index (χ4n) is 4.20. The summed E-state index contributed by atoms with van der Waals surface area (Å²) in [5.41, 5.74) is 4.44. The number of fused-ring (bicyclic) bond motifs is 1. The number of carbonyl (C=O) groups is 3. The Morgan fingerprint density at radius 2 is 1.75 bits per heavy atom. The van der Waals surface area contributed by atoms with Crippen LogP contribution in [0.3, 0.4) is 0 Å². The molecule has 0 saturated heterocycles. The van der Waals surface area contributed by atoms with Crippen molar-refractivity contribution in [1.82, 2.24) is 9.88 Å². The molecule has 1 heterocycles. The quantitative estimate of drug-likeness (QED) is 0.322. The summed E-state index contributed by atoms with van der Waals surface area (Å²) in [6.45, 7) is 2.31. The zero-order valence-corrected chi connectivity index (χ0v) is 20.8. The van der Waals surface area contributed by atoms with Gasteiger partial charge in [-0.15, -0.1) is 0 Å². The number of hydrogen-bond donors (Lipinski definition) is 2. The van der Waals surface area contributed by atoms with Crippen molar-refractivity contribution in [2.24, 2.45) is 0 Å². The average molecular weight is 504 g/mol. The average Bonchev–Trinajstić information content (AvgIpc) is 3.15. The molecule has 4 aromatic rings. The second kappa shape index (κ2) is 11.1. The summed E-state index contributed by atoms with van der Waals surface area (Å²) in [6, 6.07) is 19.7. The molecule has 1 aromatic heterocycles. The molecular weight excluding hydrogens is 478 g/mol. The number of methoxy groups -OCH3 is 1. The molecule has 0 aliphatic carbocycles. The van der Waals surface area contributed by atoms with Gasteiger partial charge in [0, 0.05) is 33.9 Å². The number of carbonyl (C=O) groups excluding carboxylic acids is 3. The van der Waals surface area contributed by atoms with Crippen molar-refractivity contribution in [2.45, 2.75) is 19.8 Å². The fourth-order valence-corrected chi connectivity index (χ4v) is 4.33. The highest BCUT2D eigenvalue weighted by Crippen LogP contribution is 2.31. The second-order valence-electron chi connectivity index (χ2n) is 8.33. The zero-order valence-electron chi connectivity index (χ0n) is 20.0. The molecule has 8 heteroatoms. The lowest BCUT2D eigenvalue weighted by molar-refractivity contribution is -0.120. The van der Waals surface area contributed by atoms with Crippen molar-refractivity contribution in [3.05, 3.63) is 94.1 Å². The van der Waals surface area contributed by atoms with Gasteiger partial charge in [0.25, 0.3) is 5.91 Å². The molecule has 0 aliphatic heterocycles. The maximum atomic E-state index is 13.4. The van der Waals surface area contributed by atoms with E-state index >= 15 is 0 Å². The second-order valence-corrected chi connectivity index (χ2v) is 8.77. The molecule has 0 aliphatic rings. The molecule has 0 fully saturated rings. The number of hydrogen-bond acceptors (Lipinski definition) is 4. The number of aromatic nitrogens is 1. The van der Waals surface area contributed by atoms with E-state index < -0.39 is 0 Å². The summed E-state index contributed by atoms with van der Waals surface area (Å²) in [5.74, 6) is 0.310. The summed E-state index contributed by atoms with van der Waals surface area (Å²) < 4.78 is 7.03. The van der Waals surface area contributed by atoms with Crippen molar-refractivity contribution in [1.29, 1.82) is 0 Å². The minimum absolute atomic E-state index is 0.124. The van der Waals surface area contributed by atoms with Crippen molar-refractivity contribution in [3.63, 3.8) is 0 Å². The van der Waals surface area contributed by atoms with Crippen molar-refractivity contribution in [3.8, 4) is 5.75 Å². The molecule has 2 amide bonds. The van der Waals surface area contributed by atoms with Crippen LogP contribution in [0.25, 0.3) is 10.9 Å².